The van der Waals surface area contributed by atoms with Crippen molar-refractivity contribution in [1.29, 1.82) is 0 Å². The van der Waals surface area contributed by atoms with Gasteiger partial charge in [-0.15, -0.1) is 0 Å². The summed E-state index contributed by atoms with van der Waals surface area (Å²) in [5, 5.41) is 17.0. The lowest BCUT2D eigenvalue weighted by Gasteiger charge is -2.18. The third-order valence-corrected chi connectivity index (χ3v) is 5.29. The number of aliphatic hydroxyl groups is 1. The maximum atomic E-state index is 13.2. The number of rotatable bonds is 7. The second-order valence-electron chi connectivity index (χ2n) is 8.13. The van der Waals surface area contributed by atoms with Gasteiger partial charge in [0.15, 0.2) is 0 Å². The first-order valence-corrected chi connectivity index (χ1v) is 9.91. The van der Waals surface area contributed by atoms with Crippen LogP contribution in [-0.2, 0) is 5.60 Å². The fourth-order valence-corrected chi connectivity index (χ4v) is 3.44. The summed E-state index contributed by atoms with van der Waals surface area (Å²) in [5.41, 5.74) is 0.960. The summed E-state index contributed by atoms with van der Waals surface area (Å²) in [4.78, 5) is 12.6. The first-order chi connectivity index (χ1) is 15.1. The second-order valence-corrected chi connectivity index (χ2v) is 8.13. The predicted octanol–water partition coefficient (Wildman–Crippen LogP) is 3.68. The Bertz CT molecular complexity index is 1170. The highest BCUT2D eigenvalue weighted by Gasteiger charge is 2.40. The van der Waals surface area contributed by atoms with Crippen LogP contribution in [0.2, 0.25) is 0 Å². The van der Waals surface area contributed by atoms with Crippen molar-refractivity contribution in [3.8, 4) is 22.6 Å². The number of hydrogen-bond donors (Lipinski definition) is 2. The molecule has 10 heteroatoms. The lowest BCUT2D eigenvalue weighted by Crippen LogP contribution is -2.28. The standard InChI is InChI=1S/C22H22F3N3O4/c1-22(2,30)12-4-5-16-13(9-26-28(16)10-12)11-6-17(31-3)19(18(7-11)32-21(24)25)20(29)27-15-8-14(15)23/h4-7,9-10,14-15,21,30H,8H2,1-3H3,(H,27,29). The van der Waals surface area contributed by atoms with E-state index in [1.54, 1.807) is 36.7 Å². The van der Waals surface area contributed by atoms with Crippen LogP contribution in [0.5, 0.6) is 11.5 Å². The zero-order valence-electron chi connectivity index (χ0n) is 17.6. The minimum Gasteiger partial charge on any atom is -0.496 e. The van der Waals surface area contributed by atoms with E-state index in [0.29, 0.717) is 22.2 Å². The van der Waals surface area contributed by atoms with Gasteiger partial charge in [0, 0.05) is 23.7 Å². The number of carbonyl (C=O) groups excluding carboxylic acids is 1. The predicted molar refractivity (Wildman–Crippen MR) is 110 cm³/mol. The number of methoxy groups -OCH3 is 1. The number of carbonyl (C=O) groups is 1. The lowest BCUT2D eigenvalue weighted by atomic mass is 9.99. The number of aromatic nitrogens is 2. The van der Waals surface area contributed by atoms with Crippen molar-refractivity contribution < 1.29 is 32.5 Å². The van der Waals surface area contributed by atoms with Crippen LogP contribution in [0.1, 0.15) is 36.2 Å². The average Bonchev–Trinajstić information content (AvgIpc) is 3.23. The molecule has 1 aliphatic rings. The van der Waals surface area contributed by atoms with Crippen LogP contribution in [0.3, 0.4) is 0 Å². The number of ether oxygens (including phenoxy) is 2. The van der Waals surface area contributed by atoms with Gasteiger partial charge in [-0.1, -0.05) is 6.07 Å². The number of nitrogens with one attached hydrogen (secondary N) is 1. The van der Waals surface area contributed by atoms with E-state index in [-0.39, 0.29) is 17.7 Å². The molecule has 0 bridgehead atoms. The van der Waals surface area contributed by atoms with Crippen LogP contribution in [0.15, 0.2) is 36.7 Å². The van der Waals surface area contributed by atoms with Gasteiger partial charge in [-0.25, -0.2) is 8.91 Å². The molecule has 2 N–H and O–H groups in total. The van der Waals surface area contributed by atoms with Crippen LogP contribution in [0.25, 0.3) is 16.6 Å². The molecule has 2 heterocycles. The minimum absolute atomic E-state index is 0.000769. The van der Waals surface area contributed by atoms with Gasteiger partial charge in [0.25, 0.3) is 5.91 Å². The molecule has 1 aromatic carbocycles. The van der Waals surface area contributed by atoms with E-state index in [2.05, 4.69) is 15.2 Å². The number of hydrogen-bond acceptors (Lipinski definition) is 5. The van der Waals surface area contributed by atoms with Gasteiger partial charge in [-0.2, -0.15) is 13.9 Å². The zero-order valence-corrected chi connectivity index (χ0v) is 17.6. The lowest BCUT2D eigenvalue weighted by molar-refractivity contribution is -0.0502. The molecule has 1 amide bonds. The molecule has 2 aromatic heterocycles. The van der Waals surface area contributed by atoms with E-state index >= 15 is 0 Å². The maximum absolute atomic E-state index is 13.2. The molecular formula is C22H22F3N3O4. The van der Waals surface area contributed by atoms with E-state index in [4.69, 9.17) is 4.74 Å². The fourth-order valence-electron chi connectivity index (χ4n) is 3.44. The second kappa shape index (κ2) is 8.01. The van der Waals surface area contributed by atoms with Crippen LogP contribution in [-0.4, -0.2) is 46.6 Å². The third-order valence-electron chi connectivity index (χ3n) is 5.29. The molecule has 2 unspecified atom stereocenters. The van der Waals surface area contributed by atoms with Gasteiger partial charge in [-0.3, -0.25) is 4.79 Å². The molecule has 1 aliphatic carbocycles. The number of fused-ring (bicyclic) bond motifs is 1. The largest absolute Gasteiger partial charge is 0.496 e. The van der Waals surface area contributed by atoms with Crippen LogP contribution in [0, 0.1) is 0 Å². The summed E-state index contributed by atoms with van der Waals surface area (Å²) >= 11 is 0. The maximum Gasteiger partial charge on any atom is 0.387 e. The molecule has 1 saturated carbocycles. The Labute approximate surface area is 181 Å². The van der Waals surface area contributed by atoms with Gasteiger partial charge in [0.1, 0.15) is 23.2 Å². The van der Waals surface area contributed by atoms with Gasteiger partial charge < -0.3 is 19.9 Å². The zero-order chi connectivity index (χ0) is 23.2. The van der Waals surface area contributed by atoms with Crippen molar-refractivity contribution in [2.75, 3.05) is 7.11 Å². The van der Waals surface area contributed by atoms with Gasteiger partial charge in [0.2, 0.25) is 0 Å². The highest BCUT2D eigenvalue weighted by Crippen LogP contribution is 2.38. The van der Waals surface area contributed by atoms with Crippen molar-refractivity contribution in [3.63, 3.8) is 0 Å². The topological polar surface area (TPSA) is 85.1 Å². The molecule has 0 radical (unpaired) electrons. The molecule has 4 rings (SSSR count). The number of halogens is 3. The molecule has 0 saturated heterocycles. The summed E-state index contributed by atoms with van der Waals surface area (Å²) < 4.78 is 50.9. The number of benzene rings is 1. The minimum atomic E-state index is -3.19. The molecule has 1 fully saturated rings. The Balaban J connectivity index is 1.80. The van der Waals surface area contributed by atoms with Gasteiger partial charge in [0.05, 0.1) is 30.5 Å². The van der Waals surface area contributed by atoms with Crippen LogP contribution in [0.4, 0.5) is 13.2 Å². The molecule has 0 spiro atoms. The smallest absolute Gasteiger partial charge is 0.387 e. The number of pyridine rings is 1. The summed E-state index contributed by atoms with van der Waals surface area (Å²) in [6.45, 7) is 0.108. The number of amides is 1. The molecule has 32 heavy (non-hydrogen) atoms. The first kappa shape index (κ1) is 21.9. The summed E-state index contributed by atoms with van der Waals surface area (Å²) in [7, 11) is 1.29. The molecular weight excluding hydrogens is 427 g/mol. The Morgan fingerprint density at radius 2 is 2.00 bits per heavy atom. The van der Waals surface area contributed by atoms with Crippen LogP contribution < -0.4 is 14.8 Å². The Morgan fingerprint density at radius 1 is 1.31 bits per heavy atom. The quantitative estimate of drug-likeness (QED) is 0.575. The average molecular weight is 449 g/mol. The molecule has 0 aliphatic heterocycles. The normalized spacial score (nSPS) is 18.1. The van der Waals surface area contributed by atoms with E-state index in [0.717, 1.165) is 0 Å². The Morgan fingerprint density at radius 3 is 2.59 bits per heavy atom. The van der Waals surface area contributed by atoms with E-state index in [1.807, 2.05) is 0 Å². The summed E-state index contributed by atoms with van der Waals surface area (Å²) in [6, 6.07) is 5.62. The molecule has 2 atom stereocenters. The SMILES string of the molecule is COc1cc(-c2cnn3cc(C(C)(C)O)ccc23)cc(OC(F)F)c1C(=O)NC1CC1F. The van der Waals surface area contributed by atoms with Crippen molar-refractivity contribution in [2.24, 2.45) is 0 Å². The summed E-state index contributed by atoms with van der Waals surface area (Å²) in [5.74, 6) is -1.15. The van der Waals surface area contributed by atoms with Gasteiger partial charge in [-0.05, 0) is 37.6 Å². The van der Waals surface area contributed by atoms with Crippen molar-refractivity contribution in [2.45, 2.75) is 44.7 Å². The highest BCUT2D eigenvalue weighted by atomic mass is 19.3. The monoisotopic (exact) mass is 449 g/mol. The van der Waals surface area contributed by atoms with E-state index in [1.165, 1.54) is 25.4 Å². The number of nitrogens with zero attached hydrogens (tertiary/aromatic N) is 2. The molecule has 3 aromatic rings. The van der Waals surface area contributed by atoms with Crippen molar-refractivity contribution in [3.05, 3.63) is 47.8 Å². The first-order valence-electron chi connectivity index (χ1n) is 9.91. The van der Waals surface area contributed by atoms with Crippen molar-refractivity contribution in [1.82, 2.24) is 14.9 Å². The Hall–Kier alpha value is -3.27. The highest BCUT2D eigenvalue weighted by molar-refractivity contribution is 6.01. The van der Waals surface area contributed by atoms with Gasteiger partial charge >= 0.3 is 6.61 Å². The Kier molecular flexibility index (Phi) is 5.49. The van der Waals surface area contributed by atoms with Crippen LogP contribution >= 0.6 is 0 Å². The number of alkyl halides is 3. The molecule has 7 nitrogen and oxygen atoms in total. The fraction of sp³-hybridized carbons (Fsp3) is 0.364. The molecule has 170 valence electrons. The summed E-state index contributed by atoms with van der Waals surface area (Å²) in [6.07, 6.45) is 2.21. The third kappa shape index (κ3) is 4.22. The van der Waals surface area contributed by atoms with Crippen molar-refractivity contribution >= 4 is 11.4 Å². The van der Waals surface area contributed by atoms with E-state index < -0.39 is 36.1 Å². The van der Waals surface area contributed by atoms with E-state index in [9.17, 15) is 23.1 Å².